The number of nitrogens with zero attached hydrogens (tertiary/aromatic N) is 1. The molecule has 138 valence electrons. The maximum atomic E-state index is 13.3. The van der Waals surface area contributed by atoms with E-state index in [0.29, 0.717) is 13.1 Å². The van der Waals surface area contributed by atoms with Gasteiger partial charge in [-0.05, 0) is 36.6 Å². The minimum Gasteiger partial charge on any atom is -0.355 e. The van der Waals surface area contributed by atoms with Crippen LogP contribution in [0.5, 0.6) is 0 Å². The summed E-state index contributed by atoms with van der Waals surface area (Å²) in [5.74, 6) is -0.139. The van der Waals surface area contributed by atoms with Crippen LogP contribution in [0.3, 0.4) is 0 Å². The van der Waals surface area contributed by atoms with E-state index in [1.54, 1.807) is 12.1 Å². The van der Waals surface area contributed by atoms with Gasteiger partial charge in [-0.1, -0.05) is 42.5 Å². The van der Waals surface area contributed by atoms with Crippen molar-refractivity contribution in [2.75, 3.05) is 13.1 Å². The Balaban J connectivity index is 1.64. The molecular formula is C21H26FN3O. The second kappa shape index (κ2) is 8.92. The fourth-order valence-corrected chi connectivity index (χ4v) is 3.52. The quantitative estimate of drug-likeness (QED) is 0.803. The van der Waals surface area contributed by atoms with Crippen LogP contribution in [-0.4, -0.2) is 36.0 Å². The molecule has 0 aromatic heterocycles. The number of benzene rings is 2. The average molecular weight is 355 g/mol. The predicted octanol–water partition coefficient (Wildman–Crippen LogP) is 2.69. The molecule has 0 radical (unpaired) electrons. The van der Waals surface area contributed by atoms with E-state index in [0.717, 1.165) is 25.1 Å². The Hall–Kier alpha value is -2.24. The van der Waals surface area contributed by atoms with Crippen molar-refractivity contribution in [1.29, 1.82) is 0 Å². The molecule has 1 aliphatic heterocycles. The van der Waals surface area contributed by atoms with E-state index in [1.165, 1.54) is 11.6 Å². The van der Waals surface area contributed by atoms with Crippen molar-refractivity contribution in [1.82, 2.24) is 15.5 Å². The monoisotopic (exact) mass is 355 g/mol. The topological polar surface area (TPSA) is 44.4 Å². The van der Waals surface area contributed by atoms with Crippen molar-refractivity contribution >= 4 is 5.91 Å². The molecule has 0 spiro atoms. The van der Waals surface area contributed by atoms with Crippen LogP contribution in [0, 0.1) is 5.82 Å². The molecule has 2 aromatic rings. The Morgan fingerprint density at radius 1 is 1.15 bits per heavy atom. The molecule has 0 bridgehead atoms. The predicted molar refractivity (Wildman–Crippen MR) is 101 cm³/mol. The summed E-state index contributed by atoms with van der Waals surface area (Å²) in [5, 5.41) is 6.43. The van der Waals surface area contributed by atoms with E-state index in [-0.39, 0.29) is 23.8 Å². The van der Waals surface area contributed by atoms with Gasteiger partial charge in [-0.3, -0.25) is 9.69 Å². The molecule has 4 nitrogen and oxygen atoms in total. The Morgan fingerprint density at radius 2 is 1.92 bits per heavy atom. The second-order valence-corrected chi connectivity index (χ2v) is 6.77. The van der Waals surface area contributed by atoms with Gasteiger partial charge in [0.05, 0.1) is 6.04 Å². The zero-order chi connectivity index (χ0) is 18.4. The lowest BCUT2D eigenvalue weighted by Crippen LogP contribution is -2.42. The summed E-state index contributed by atoms with van der Waals surface area (Å²) in [6.07, 6.45) is 0.758. The van der Waals surface area contributed by atoms with Gasteiger partial charge in [0.2, 0.25) is 5.91 Å². The van der Waals surface area contributed by atoms with E-state index < -0.39 is 0 Å². The second-order valence-electron chi connectivity index (χ2n) is 6.77. The first kappa shape index (κ1) is 18.5. The molecule has 1 fully saturated rings. The molecule has 1 heterocycles. The van der Waals surface area contributed by atoms with Crippen molar-refractivity contribution in [3.05, 3.63) is 71.5 Å². The van der Waals surface area contributed by atoms with Gasteiger partial charge in [0.25, 0.3) is 0 Å². The Labute approximate surface area is 154 Å². The Bertz CT molecular complexity index is 722. The third-order valence-electron chi connectivity index (χ3n) is 4.77. The minimum absolute atomic E-state index is 0.0819. The van der Waals surface area contributed by atoms with Crippen molar-refractivity contribution in [2.45, 2.75) is 38.5 Å². The lowest BCUT2D eigenvalue weighted by molar-refractivity contribution is -0.125. The lowest BCUT2D eigenvalue weighted by Gasteiger charge is -2.23. The first-order valence-electron chi connectivity index (χ1n) is 9.19. The highest BCUT2D eigenvalue weighted by Gasteiger charge is 2.36. The molecule has 2 N–H and O–H groups in total. The minimum atomic E-state index is -0.221. The molecule has 2 aromatic carbocycles. The van der Waals surface area contributed by atoms with Gasteiger partial charge in [-0.25, -0.2) is 4.39 Å². The maximum Gasteiger partial charge on any atom is 0.237 e. The Kier molecular flexibility index (Phi) is 6.36. The van der Waals surface area contributed by atoms with Crippen LogP contribution in [0.2, 0.25) is 0 Å². The van der Waals surface area contributed by atoms with Crippen LogP contribution in [0.15, 0.2) is 54.6 Å². The van der Waals surface area contributed by atoms with Crippen molar-refractivity contribution in [2.24, 2.45) is 0 Å². The SMILES string of the molecule is CCNC(=O)[C@@H]1C[C@H](NCc2cccc(F)c2)CN1Cc1ccccc1. The number of likely N-dealkylation sites (N-methyl/N-ethyl adjacent to an activating group) is 1. The molecule has 0 unspecified atom stereocenters. The first-order valence-corrected chi connectivity index (χ1v) is 9.19. The number of rotatable bonds is 7. The molecule has 0 aliphatic carbocycles. The van der Waals surface area contributed by atoms with Gasteiger partial charge in [0.1, 0.15) is 5.82 Å². The van der Waals surface area contributed by atoms with Crippen LogP contribution in [-0.2, 0) is 17.9 Å². The summed E-state index contributed by atoms with van der Waals surface area (Å²) in [4.78, 5) is 14.7. The van der Waals surface area contributed by atoms with E-state index in [4.69, 9.17) is 0 Å². The first-order chi connectivity index (χ1) is 12.7. The standard InChI is InChI=1S/C21H26FN3O/c1-2-23-21(26)20-12-19(24-13-17-9-6-10-18(22)11-17)15-25(20)14-16-7-4-3-5-8-16/h3-11,19-20,24H,2,12-15H2,1H3,(H,23,26)/t19-,20-/m0/s1. The number of nitrogens with one attached hydrogen (secondary N) is 2. The number of hydrogen-bond acceptors (Lipinski definition) is 3. The van der Waals surface area contributed by atoms with E-state index in [1.807, 2.05) is 31.2 Å². The number of carbonyl (C=O) groups is 1. The highest BCUT2D eigenvalue weighted by molar-refractivity contribution is 5.82. The van der Waals surface area contributed by atoms with Gasteiger partial charge in [-0.15, -0.1) is 0 Å². The van der Waals surface area contributed by atoms with Crippen molar-refractivity contribution in [3.8, 4) is 0 Å². The fraction of sp³-hybridized carbons (Fsp3) is 0.381. The van der Waals surface area contributed by atoms with Gasteiger partial charge < -0.3 is 10.6 Å². The molecule has 3 rings (SSSR count). The highest BCUT2D eigenvalue weighted by atomic mass is 19.1. The summed E-state index contributed by atoms with van der Waals surface area (Å²) in [6, 6.07) is 16.9. The smallest absolute Gasteiger partial charge is 0.237 e. The number of amides is 1. The summed E-state index contributed by atoms with van der Waals surface area (Å²) < 4.78 is 13.3. The van der Waals surface area contributed by atoms with E-state index >= 15 is 0 Å². The average Bonchev–Trinajstić information content (AvgIpc) is 3.04. The van der Waals surface area contributed by atoms with E-state index in [2.05, 4.69) is 27.7 Å². The lowest BCUT2D eigenvalue weighted by atomic mass is 10.1. The van der Waals surface area contributed by atoms with Crippen molar-refractivity contribution in [3.63, 3.8) is 0 Å². The van der Waals surface area contributed by atoms with Crippen LogP contribution in [0.1, 0.15) is 24.5 Å². The van der Waals surface area contributed by atoms with Crippen molar-refractivity contribution < 1.29 is 9.18 Å². The van der Waals surface area contributed by atoms with Gasteiger partial charge in [-0.2, -0.15) is 0 Å². The number of hydrogen-bond donors (Lipinski definition) is 2. The summed E-state index contributed by atoms with van der Waals surface area (Å²) in [6.45, 7) is 4.72. The number of carbonyl (C=O) groups excluding carboxylic acids is 1. The molecule has 1 aliphatic rings. The zero-order valence-electron chi connectivity index (χ0n) is 15.1. The Morgan fingerprint density at radius 3 is 2.65 bits per heavy atom. The summed E-state index contributed by atoms with van der Waals surface area (Å²) in [5.41, 5.74) is 2.12. The van der Waals surface area contributed by atoms with Gasteiger partial charge in [0, 0.05) is 32.2 Å². The molecule has 1 amide bonds. The molecule has 2 atom stereocenters. The normalized spacial score (nSPS) is 20.2. The summed E-state index contributed by atoms with van der Waals surface area (Å²) in [7, 11) is 0. The van der Waals surface area contributed by atoms with E-state index in [9.17, 15) is 9.18 Å². The van der Waals surface area contributed by atoms with Crippen LogP contribution >= 0.6 is 0 Å². The van der Waals surface area contributed by atoms with Crippen LogP contribution < -0.4 is 10.6 Å². The summed E-state index contributed by atoms with van der Waals surface area (Å²) >= 11 is 0. The largest absolute Gasteiger partial charge is 0.355 e. The van der Waals surface area contributed by atoms with Gasteiger partial charge >= 0.3 is 0 Å². The molecule has 1 saturated heterocycles. The van der Waals surface area contributed by atoms with Gasteiger partial charge in [0.15, 0.2) is 0 Å². The van der Waals surface area contributed by atoms with Crippen LogP contribution in [0.4, 0.5) is 4.39 Å². The molecule has 0 saturated carbocycles. The molecule has 26 heavy (non-hydrogen) atoms. The molecular weight excluding hydrogens is 329 g/mol. The number of halogens is 1. The zero-order valence-corrected chi connectivity index (χ0v) is 15.1. The van der Waals surface area contributed by atoms with Crippen LogP contribution in [0.25, 0.3) is 0 Å². The fourth-order valence-electron chi connectivity index (χ4n) is 3.52. The number of likely N-dealkylation sites (tertiary alicyclic amines) is 1. The third kappa shape index (κ3) is 4.90. The maximum absolute atomic E-state index is 13.3. The third-order valence-corrected chi connectivity index (χ3v) is 4.77. The molecule has 5 heteroatoms. The highest BCUT2D eigenvalue weighted by Crippen LogP contribution is 2.21.